The van der Waals surface area contributed by atoms with Crippen LogP contribution >= 0.6 is 15.9 Å². The van der Waals surface area contributed by atoms with Gasteiger partial charge < -0.3 is 10.4 Å². The average molecular weight is 341 g/mol. The number of halogens is 1. The summed E-state index contributed by atoms with van der Waals surface area (Å²) < 4.78 is 0.690. The summed E-state index contributed by atoms with van der Waals surface area (Å²) in [4.78, 5) is 27.8. The fourth-order valence-corrected chi connectivity index (χ4v) is 2.91. The van der Waals surface area contributed by atoms with Crippen LogP contribution in [0.5, 0.6) is 0 Å². The van der Waals surface area contributed by atoms with E-state index in [2.05, 4.69) is 26.2 Å². The number of hydrogen-bond donors (Lipinski definition) is 2. The van der Waals surface area contributed by atoms with Crippen LogP contribution in [0.1, 0.15) is 48.9 Å². The van der Waals surface area contributed by atoms with Gasteiger partial charge in [-0.3, -0.25) is 9.78 Å². The summed E-state index contributed by atoms with van der Waals surface area (Å²) in [6.07, 6.45) is 7.66. The molecule has 6 heteroatoms. The minimum atomic E-state index is -1.14. The summed E-state index contributed by atoms with van der Waals surface area (Å²) in [6, 6.07) is 1.63. The number of nitrogens with zero attached hydrogens (tertiary/aromatic N) is 1. The van der Waals surface area contributed by atoms with Gasteiger partial charge in [0, 0.05) is 16.9 Å². The van der Waals surface area contributed by atoms with E-state index in [0.29, 0.717) is 22.9 Å². The molecule has 1 amide bonds. The Kier molecular flexibility index (Phi) is 4.75. The minimum Gasteiger partial charge on any atom is -0.480 e. The number of hydrogen-bond acceptors (Lipinski definition) is 3. The second-order valence-corrected chi connectivity index (χ2v) is 6.06. The summed E-state index contributed by atoms with van der Waals surface area (Å²) in [5, 5.41) is 12.2. The quantitative estimate of drug-likeness (QED) is 0.829. The van der Waals surface area contributed by atoms with E-state index >= 15 is 0 Å². The largest absolute Gasteiger partial charge is 0.480 e. The Morgan fingerprint density at radius 1 is 1.20 bits per heavy atom. The molecule has 1 fully saturated rings. The monoisotopic (exact) mass is 340 g/mol. The van der Waals surface area contributed by atoms with E-state index in [0.717, 1.165) is 25.7 Å². The first-order valence-electron chi connectivity index (χ1n) is 6.70. The lowest BCUT2D eigenvalue weighted by Gasteiger charge is -2.29. The van der Waals surface area contributed by atoms with Gasteiger partial charge in [0.1, 0.15) is 5.54 Å². The van der Waals surface area contributed by atoms with Crippen molar-refractivity contribution in [1.29, 1.82) is 0 Å². The molecule has 0 spiro atoms. The first kappa shape index (κ1) is 15.0. The molecule has 0 radical (unpaired) electrons. The minimum absolute atomic E-state index is 0.365. The molecule has 1 saturated carbocycles. The van der Waals surface area contributed by atoms with Crippen LogP contribution in [-0.2, 0) is 4.79 Å². The maximum Gasteiger partial charge on any atom is 0.329 e. The number of pyridine rings is 1. The van der Waals surface area contributed by atoms with E-state index in [1.807, 2.05) is 0 Å². The highest BCUT2D eigenvalue weighted by molar-refractivity contribution is 9.10. The number of carbonyl (C=O) groups is 2. The molecule has 1 aliphatic rings. The summed E-state index contributed by atoms with van der Waals surface area (Å²) in [5.41, 5.74) is -0.778. The van der Waals surface area contributed by atoms with Crippen molar-refractivity contribution in [3.8, 4) is 0 Å². The van der Waals surface area contributed by atoms with Crippen molar-refractivity contribution in [3.05, 3.63) is 28.5 Å². The maximum absolute atomic E-state index is 12.3. The van der Waals surface area contributed by atoms with E-state index in [1.165, 1.54) is 6.20 Å². The topological polar surface area (TPSA) is 79.3 Å². The Hall–Kier alpha value is -1.43. The zero-order valence-corrected chi connectivity index (χ0v) is 12.6. The molecule has 0 aromatic carbocycles. The van der Waals surface area contributed by atoms with E-state index in [1.54, 1.807) is 12.3 Å². The van der Waals surface area contributed by atoms with Crippen LogP contribution in [0.25, 0.3) is 0 Å². The Morgan fingerprint density at radius 3 is 2.40 bits per heavy atom. The first-order valence-corrected chi connectivity index (χ1v) is 7.49. The van der Waals surface area contributed by atoms with Crippen LogP contribution in [0, 0.1) is 0 Å². The fourth-order valence-electron chi connectivity index (χ4n) is 2.55. The highest BCUT2D eigenvalue weighted by Gasteiger charge is 2.40. The van der Waals surface area contributed by atoms with Crippen molar-refractivity contribution >= 4 is 27.8 Å². The number of aliphatic carboxylic acids is 1. The van der Waals surface area contributed by atoms with Crippen molar-refractivity contribution in [2.45, 2.75) is 44.1 Å². The molecule has 20 heavy (non-hydrogen) atoms. The number of carbonyl (C=O) groups excluding carboxylic acids is 1. The van der Waals surface area contributed by atoms with Gasteiger partial charge in [-0.15, -0.1) is 0 Å². The van der Waals surface area contributed by atoms with E-state index in [-0.39, 0.29) is 5.91 Å². The summed E-state index contributed by atoms with van der Waals surface area (Å²) >= 11 is 3.25. The van der Waals surface area contributed by atoms with Crippen molar-refractivity contribution < 1.29 is 14.7 Å². The lowest BCUT2D eigenvalue weighted by Crippen LogP contribution is -2.54. The number of aromatic nitrogens is 1. The molecule has 0 aliphatic heterocycles. The van der Waals surface area contributed by atoms with Crippen LogP contribution in [0.2, 0.25) is 0 Å². The van der Waals surface area contributed by atoms with Crippen molar-refractivity contribution in [1.82, 2.24) is 10.3 Å². The van der Waals surface area contributed by atoms with Crippen molar-refractivity contribution in [3.63, 3.8) is 0 Å². The molecule has 1 aromatic rings. The predicted molar refractivity (Wildman–Crippen MR) is 77.5 cm³/mol. The molecule has 0 saturated heterocycles. The normalized spacial score (nSPS) is 18.1. The molecule has 2 rings (SSSR count). The number of carboxylic acids is 1. The van der Waals surface area contributed by atoms with E-state index in [9.17, 15) is 14.7 Å². The van der Waals surface area contributed by atoms with E-state index in [4.69, 9.17) is 0 Å². The number of carboxylic acid groups (broad SMARTS) is 1. The fraction of sp³-hybridized carbons (Fsp3) is 0.500. The Bertz CT molecular complexity index is 511. The molecule has 5 nitrogen and oxygen atoms in total. The third-order valence-electron chi connectivity index (χ3n) is 3.69. The molecule has 1 heterocycles. The highest BCUT2D eigenvalue weighted by Crippen LogP contribution is 2.28. The molecule has 0 bridgehead atoms. The third kappa shape index (κ3) is 3.36. The van der Waals surface area contributed by atoms with Gasteiger partial charge in [-0.25, -0.2) is 4.79 Å². The molecular weight excluding hydrogens is 324 g/mol. The lowest BCUT2D eigenvalue weighted by atomic mass is 9.90. The summed E-state index contributed by atoms with van der Waals surface area (Å²) in [7, 11) is 0. The predicted octanol–water partition coefficient (Wildman–Crippen LogP) is 2.75. The van der Waals surface area contributed by atoms with Gasteiger partial charge >= 0.3 is 5.97 Å². The van der Waals surface area contributed by atoms with Crippen LogP contribution in [0.3, 0.4) is 0 Å². The van der Waals surface area contributed by atoms with E-state index < -0.39 is 11.5 Å². The second kappa shape index (κ2) is 6.35. The molecule has 1 aromatic heterocycles. The van der Waals surface area contributed by atoms with Gasteiger partial charge in [0.15, 0.2) is 0 Å². The maximum atomic E-state index is 12.3. The van der Waals surface area contributed by atoms with Gasteiger partial charge in [-0.2, -0.15) is 0 Å². The van der Waals surface area contributed by atoms with Crippen LogP contribution in [0.4, 0.5) is 0 Å². The average Bonchev–Trinajstić information content (AvgIpc) is 2.65. The summed E-state index contributed by atoms with van der Waals surface area (Å²) in [6.45, 7) is 0. The first-order chi connectivity index (χ1) is 9.53. The van der Waals surface area contributed by atoms with Crippen LogP contribution in [0.15, 0.2) is 22.9 Å². The van der Waals surface area contributed by atoms with Gasteiger partial charge in [0.05, 0.1) is 5.56 Å². The zero-order valence-electron chi connectivity index (χ0n) is 11.1. The number of nitrogens with one attached hydrogen (secondary N) is 1. The number of rotatable bonds is 3. The van der Waals surface area contributed by atoms with Crippen LogP contribution < -0.4 is 5.32 Å². The molecule has 2 N–H and O–H groups in total. The Balaban J connectivity index is 2.19. The molecule has 0 unspecified atom stereocenters. The smallest absolute Gasteiger partial charge is 0.329 e. The summed E-state index contributed by atoms with van der Waals surface area (Å²) in [5.74, 6) is -1.33. The molecule has 0 atom stereocenters. The standard InChI is InChI=1S/C14H17BrN2O3/c15-11-7-10(8-16-9-11)12(18)17-14(13(19)20)5-3-1-2-4-6-14/h7-9H,1-6H2,(H,17,18)(H,19,20). The Morgan fingerprint density at radius 2 is 1.85 bits per heavy atom. The second-order valence-electron chi connectivity index (χ2n) is 5.15. The third-order valence-corrected chi connectivity index (χ3v) is 4.12. The van der Waals surface area contributed by atoms with Crippen molar-refractivity contribution in [2.75, 3.05) is 0 Å². The Labute approximate surface area is 125 Å². The van der Waals surface area contributed by atoms with Crippen molar-refractivity contribution in [2.24, 2.45) is 0 Å². The van der Waals surface area contributed by atoms with Gasteiger partial charge in [0.25, 0.3) is 5.91 Å². The van der Waals surface area contributed by atoms with Gasteiger partial charge in [0.2, 0.25) is 0 Å². The SMILES string of the molecule is O=C(NC1(C(=O)O)CCCCCC1)c1cncc(Br)c1. The molecule has 108 valence electrons. The van der Waals surface area contributed by atoms with Crippen LogP contribution in [-0.4, -0.2) is 27.5 Å². The molecule has 1 aliphatic carbocycles. The van der Waals surface area contributed by atoms with Gasteiger partial charge in [-0.1, -0.05) is 25.7 Å². The van der Waals surface area contributed by atoms with Gasteiger partial charge in [-0.05, 0) is 34.8 Å². The lowest BCUT2D eigenvalue weighted by molar-refractivity contribution is -0.145. The molecular formula is C14H17BrN2O3. The zero-order chi connectivity index (χ0) is 14.6. The number of amides is 1. The highest BCUT2D eigenvalue weighted by atomic mass is 79.9.